The summed E-state index contributed by atoms with van der Waals surface area (Å²) in [5, 5.41) is 0. The topological polar surface area (TPSA) is 29.3 Å². The Morgan fingerprint density at radius 1 is 1.40 bits per heavy atom. The molecule has 0 amide bonds. The number of thioether (sulfide) groups is 1. The first-order chi connectivity index (χ1) is 6.84. The number of hydrogen-bond donors (Lipinski definition) is 1. The first-order valence-corrected chi connectivity index (χ1v) is 6.21. The summed E-state index contributed by atoms with van der Waals surface area (Å²) in [6, 6.07) is -1.64. The van der Waals surface area contributed by atoms with Crippen LogP contribution in [-0.2, 0) is 0 Å². The van der Waals surface area contributed by atoms with Crippen LogP contribution >= 0.6 is 11.8 Å². The van der Waals surface area contributed by atoms with E-state index >= 15 is 0 Å². The molecule has 0 heterocycles. The maximum Gasteiger partial charge on any atom is 0.405 e. The van der Waals surface area contributed by atoms with E-state index in [2.05, 4.69) is 0 Å². The van der Waals surface area contributed by atoms with Crippen LogP contribution in [0.1, 0.15) is 13.3 Å². The second kappa shape index (κ2) is 6.60. The molecule has 0 rings (SSSR count). The summed E-state index contributed by atoms with van der Waals surface area (Å²) < 4.78 is 37.6. The van der Waals surface area contributed by atoms with E-state index in [9.17, 15) is 13.2 Å². The van der Waals surface area contributed by atoms with Gasteiger partial charge in [-0.3, -0.25) is 4.90 Å². The summed E-state index contributed by atoms with van der Waals surface area (Å²) in [5.74, 6) is 0.862. The zero-order valence-electron chi connectivity index (χ0n) is 9.34. The molecular weight excluding hydrogens is 225 g/mol. The number of hydrogen-bond acceptors (Lipinski definition) is 3. The van der Waals surface area contributed by atoms with E-state index < -0.39 is 12.2 Å². The lowest BCUT2D eigenvalue weighted by atomic mass is 10.1. The van der Waals surface area contributed by atoms with Crippen LogP contribution in [0.3, 0.4) is 0 Å². The van der Waals surface area contributed by atoms with Gasteiger partial charge in [0.25, 0.3) is 0 Å². The molecule has 0 saturated heterocycles. The van der Waals surface area contributed by atoms with Gasteiger partial charge in [0.05, 0.1) is 0 Å². The lowest BCUT2D eigenvalue weighted by molar-refractivity contribution is -0.182. The molecule has 92 valence electrons. The van der Waals surface area contributed by atoms with Gasteiger partial charge in [-0.15, -0.1) is 0 Å². The van der Waals surface area contributed by atoms with Crippen molar-refractivity contribution in [2.45, 2.75) is 31.6 Å². The van der Waals surface area contributed by atoms with Crippen LogP contribution in [0.15, 0.2) is 0 Å². The van der Waals surface area contributed by atoms with Crippen LogP contribution in [0, 0.1) is 0 Å². The highest BCUT2D eigenvalue weighted by Crippen LogP contribution is 2.25. The van der Waals surface area contributed by atoms with E-state index in [1.165, 1.54) is 11.9 Å². The lowest BCUT2D eigenvalue weighted by Crippen LogP contribution is -2.51. The van der Waals surface area contributed by atoms with Gasteiger partial charge in [0, 0.05) is 12.6 Å². The smallest absolute Gasteiger partial charge is 0.329 e. The molecule has 0 spiro atoms. The molecule has 0 fully saturated rings. The molecule has 0 aromatic carbocycles. The van der Waals surface area contributed by atoms with Crippen LogP contribution < -0.4 is 5.73 Å². The molecule has 0 aliphatic carbocycles. The minimum absolute atomic E-state index is 0.104. The Hall–Kier alpha value is 0.0600. The van der Waals surface area contributed by atoms with Crippen molar-refractivity contribution in [3.8, 4) is 0 Å². The van der Waals surface area contributed by atoms with Crippen molar-refractivity contribution in [1.29, 1.82) is 0 Å². The number of nitrogens with two attached hydrogens (primary N) is 1. The zero-order valence-corrected chi connectivity index (χ0v) is 10.2. The van der Waals surface area contributed by atoms with Crippen molar-refractivity contribution in [2.24, 2.45) is 5.73 Å². The van der Waals surface area contributed by atoms with Crippen molar-refractivity contribution in [3.63, 3.8) is 0 Å². The third-order valence-corrected chi connectivity index (χ3v) is 3.17. The quantitative estimate of drug-likeness (QED) is 0.774. The second-order valence-corrected chi connectivity index (χ2v) is 4.57. The maximum atomic E-state index is 12.5. The predicted molar refractivity (Wildman–Crippen MR) is 59.1 cm³/mol. The minimum atomic E-state index is -4.24. The molecular formula is C9H19F3N2S. The monoisotopic (exact) mass is 244 g/mol. The van der Waals surface area contributed by atoms with Crippen LogP contribution in [0.4, 0.5) is 13.2 Å². The first-order valence-electron chi connectivity index (χ1n) is 4.82. The largest absolute Gasteiger partial charge is 0.405 e. The van der Waals surface area contributed by atoms with Crippen molar-refractivity contribution >= 4 is 11.8 Å². The molecule has 2 atom stereocenters. The number of nitrogens with zero attached hydrogens (tertiary/aromatic N) is 1. The van der Waals surface area contributed by atoms with Gasteiger partial charge in [-0.1, -0.05) is 0 Å². The van der Waals surface area contributed by atoms with Crippen molar-refractivity contribution in [1.82, 2.24) is 4.90 Å². The fourth-order valence-electron chi connectivity index (χ4n) is 1.33. The van der Waals surface area contributed by atoms with Gasteiger partial charge in [0.1, 0.15) is 6.04 Å². The Bertz CT molecular complexity index is 175. The summed E-state index contributed by atoms with van der Waals surface area (Å²) in [6.45, 7) is 1.41. The van der Waals surface area contributed by atoms with Gasteiger partial charge < -0.3 is 5.73 Å². The van der Waals surface area contributed by atoms with Gasteiger partial charge in [0.15, 0.2) is 0 Å². The van der Waals surface area contributed by atoms with Crippen LogP contribution in [-0.4, -0.2) is 48.8 Å². The average Bonchev–Trinajstić information content (AvgIpc) is 2.12. The van der Waals surface area contributed by atoms with Gasteiger partial charge in [0.2, 0.25) is 0 Å². The Morgan fingerprint density at radius 3 is 2.27 bits per heavy atom. The molecule has 0 aromatic rings. The van der Waals surface area contributed by atoms with E-state index in [0.717, 1.165) is 12.2 Å². The van der Waals surface area contributed by atoms with E-state index in [1.807, 2.05) is 6.26 Å². The second-order valence-electron chi connectivity index (χ2n) is 3.59. The van der Waals surface area contributed by atoms with Gasteiger partial charge in [-0.25, -0.2) is 0 Å². The number of alkyl halides is 3. The Morgan fingerprint density at radius 2 is 1.93 bits per heavy atom. The fraction of sp³-hybridized carbons (Fsp3) is 1.00. The molecule has 0 saturated carbocycles. The minimum Gasteiger partial charge on any atom is -0.329 e. The molecule has 0 aliphatic rings. The molecule has 0 aromatic heterocycles. The number of rotatable bonds is 6. The lowest BCUT2D eigenvalue weighted by Gasteiger charge is -2.33. The van der Waals surface area contributed by atoms with Crippen molar-refractivity contribution < 1.29 is 13.2 Å². The SMILES string of the molecule is CSCCC(C)N(C)C(CN)C(F)(F)F. The fourth-order valence-corrected chi connectivity index (χ4v) is 1.91. The maximum absolute atomic E-state index is 12.5. The summed E-state index contributed by atoms with van der Waals surface area (Å²) >= 11 is 1.64. The zero-order chi connectivity index (χ0) is 12.1. The predicted octanol–water partition coefficient (Wildman–Crippen LogP) is 1.95. The van der Waals surface area contributed by atoms with E-state index in [4.69, 9.17) is 5.73 Å². The van der Waals surface area contributed by atoms with E-state index in [0.29, 0.717) is 0 Å². The highest BCUT2D eigenvalue weighted by Gasteiger charge is 2.42. The van der Waals surface area contributed by atoms with Crippen LogP contribution in [0.5, 0.6) is 0 Å². The molecule has 0 radical (unpaired) electrons. The standard InChI is InChI=1S/C9H19F3N2S/c1-7(4-5-15-3)14(2)8(6-13)9(10,11)12/h7-8H,4-6,13H2,1-3H3. The van der Waals surface area contributed by atoms with Gasteiger partial charge >= 0.3 is 6.18 Å². The number of likely N-dealkylation sites (N-methyl/N-ethyl adjacent to an activating group) is 1. The summed E-state index contributed by atoms with van der Waals surface area (Å²) in [6.07, 6.45) is -1.56. The third kappa shape index (κ3) is 5.08. The Balaban J connectivity index is 4.31. The van der Waals surface area contributed by atoms with Gasteiger partial charge in [-0.05, 0) is 32.4 Å². The van der Waals surface area contributed by atoms with Crippen LogP contribution in [0.2, 0.25) is 0 Å². The highest BCUT2D eigenvalue weighted by atomic mass is 32.2. The molecule has 15 heavy (non-hydrogen) atoms. The average molecular weight is 244 g/mol. The van der Waals surface area contributed by atoms with E-state index in [1.54, 1.807) is 18.7 Å². The molecule has 6 heteroatoms. The van der Waals surface area contributed by atoms with Crippen LogP contribution in [0.25, 0.3) is 0 Å². The molecule has 0 aliphatic heterocycles. The Kier molecular flexibility index (Phi) is 6.63. The molecule has 0 bridgehead atoms. The van der Waals surface area contributed by atoms with Crippen molar-refractivity contribution in [3.05, 3.63) is 0 Å². The molecule has 2 nitrogen and oxygen atoms in total. The van der Waals surface area contributed by atoms with Gasteiger partial charge in [-0.2, -0.15) is 24.9 Å². The molecule has 2 N–H and O–H groups in total. The summed E-state index contributed by atoms with van der Waals surface area (Å²) in [5.41, 5.74) is 5.16. The highest BCUT2D eigenvalue weighted by molar-refractivity contribution is 7.98. The number of halogens is 3. The normalized spacial score (nSPS) is 16.8. The summed E-state index contributed by atoms with van der Waals surface area (Å²) in [4.78, 5) is 1.32. The third-order valence-electron chi connectivity index (χ3n) is 2.53. The first kappa shape index (κ1) is 15.1. The Labute approximate surface area is 93.4 Å². The van der Waals surface area contributed by atoms with Crippen molar-refractivity contribution in [2.75, 3.05) is 25.6 Å². The molecule has 2 unspecified atom stereocenters. The van der Waals surface area contributed by atoms with E-state index in [-0.39, 0.29) is 12.6 Å². The summed E-state index contributed by atoms with van der Waals surface area (Å²) in [7, 11) is 1.48.